The zero-order valence-electron chi connectivity index (χ0n) is 9.12. The fourth-order valence-corrected chi connectivity index (χ4v) is 1.32. The van der Waals surface area contributed by atoms with Gasteiger partial charge in [0.2, 0.25) is 0 Å². The van der Waals surface area contributed by atoms with Crippen molar-refractivity contribution in [3.8, 4) is 5.75 Å². The number of carbonyl (C=O) groups excluding carboxylic acids is 1. The normalized spacial score (nSPS) is 11.6. The number of hydrazine groups is 1. The van der Waals surface area contributed by atoms with Gasteiger partial charge in [-0.3, -0.25) is 0 Å². The number of nitro groups is 1. The van der Waals surface area contributed by atoms with E-state index in [1.54, 1.807) is 12.1 Å². The molecule has 0 heterocycles. The molecule has 1 aromatic rings. The molecule has 0 spiro atoms. The van der Waals surface area contributed by atoms with Crippen LogP contribution >= 0.6 is 0 Å². The minimum Gasteiger partial charge on any atom is -0.508 e. The van der Waals surface area contributed by atoms with Gasteiger partial charge in [0.15, 0.2) is 11.1 Å². The van der Waals surface area contributed by atoms with E-state index in [2.05, 4.69) is 4.74 Å². The second-order valence-electron chi connectivity index (χ2n) is 3.33. The van der Waals surface area contributed by atoms with E-state index >= 15 is 0 Å². The Morgan fingerprint density at radius 1 is 1.53 bits per heavy atom. The number of aromatic hydroxyl groups is 1. The Labute approximate surface area is 97.1 Å². The quantitative estimate of drug-likeness (QED) is 0.435. The van der Waals surface area contributed by atoms with Gasteiger partial charge in [-0.15, -0.1) is 5.43 Å². The van der Waals surface area contributed by atoms with Gasteiger partial charge in [0.25, 0.3) is 0 Å². The third-order valence-corrected chi connectivity index (χ3v) is 2.12. The van der Waals surface area contributed by atoms with E-state index in [9.17, 15) is 14.9 Å². The molecular weight excluding hydrogens is 228 g/mol. The smallest absolute Gasteiger partial charge is 0.334 e. The van der Waals surface area contributed by atoms with Crippen molar-refractivity contribution in [2.75, 3.05) is 7.11 Å². The Morgan fingerprint density at radius 3 is 2.59 bits per heavy atom. The van der Waals surface area contributed by atoms with Gasteiger partial charge in [0, 0.05) is 6.42 Å². The van der Waals surface area contributed by atoms with Crippen molar-refractivity contribution in [2.45, 2.75) is 12.5 Å². The van der Waals surface area contributed by atoms with Crippen LogP contribution in [0.25, 0.3) is 0 Å². The summed E-state index contributed by atoms with van der Waals surface area (Å²) >= 11 is 0. The first-order valence-corrected chi connectivity index (χ1v) is 4.79. The molecule has 7 nitrogen and oxygen atoms in total. The summed E-state index contributed by atoms with van der Waals surface area (Å²) in [5.41, 5.74) is 2.55. The molecule has 0 amide bonds. The fourth-order valence-electron chi connectivity index (χ4n) is 1.32. The summed E-state index contributed by atoms with van der Waals surface area (Å²) in [5.74, 6) is -0.625. The van der Waals surface area contributed by atoms with Crippen molar-refractivity contribution in [3.05, 3.63) is 39.9 Å². The van der Waals surface area contributed by atoms with Crippen LogP contribution in [0.15, 0.2) is 24.3 Å². The maximum atomic E-state index is 11.3. The zero-order chi connectivity index (χ0) is 12.8. The molecule has 0 saturated carbocycles. The third kappa shape index (κ3) is 3.98. The number of phenolic OH excluding ortho intramolecular Hbond substituents is 1. The van der Waals surface area contributed by atoms with E-state index in [0.717, 1.165) is 7.11 Å². The Bertz CT molecular complexity index is 404. The topological polar surface area (TPSA) is 102 Å². The number of hydrogen-bond acceptors (Lipinski definition) is 5. The lowest BCUT2D eigenvalue weighted by molar-refractivity contribution is -0.548. The van der Waals surface area contributed by atoms with Gasteiger partial charge >= 0.3 is 5.97 Å². The first-order valence-electron chi connectivity index (χ1n) is 4.79. The molecule has 0 bridgehead atoms. The highest BCUT2D eigenvalue weighted by atomic mass is 16.7. The Balaban J connectivity index is 2.75. The standard InChI is InChI=1S/C10H12N2O5/c1-17-10(14)9(11-12(15)16)6-7-2-4-8(13)5-3-7/h2-5,9,11,13H,6H2,1H3/t9-/m0/s1. The van der Waals surface area contributed by atoms with Crippen molar-refractivity contribution in [2.24, 2.45) is 0 Å². The highest BCUT2D eigenvalue weighted by Gasteiger charge is 2.23. The van der Waals surface area contributed by atoms with Gasteiger partial charge in [-0.2, -0.15) is 0 Å². The lowest BCUT2D eigenvalue weighted by atomic mass is 10.1. The van der Waals surface area contributed by atoms with Gasteiger partial charge in [-0.25, -0.2) is 14.9 Å². The number of rotatable bonds is 5. The molecule has 0 aliphatic heterocycles. The second-order valence-corrected chi connectivity index (χ2v) is 3.33. The Hall–Kier alpha value is -2.31. The Kier molecular flexibility index (Phi) is 4.27. The summed E-state index contributed by atoms with van der Waals surface area (Å²) in [4.78, 5) is 21.6. The first kappa shape index (κ1) is 12.8. The molecule has 0 radical (unpaired) electrons. The number of nitrogens with zero attached hydrogens (tertiary/aromatic N) is 1. The number of benzene rings is 1. The summed E-state index contributed by atoms with van der Waals surface area (Å²) in [6.07, 6.45) is 0.105. The van der Waals surface area contributed by atoms with E-state index in [1.807, 2.05) is 5.43 Å². The van der Waals surface area contributed by atoms with Crippen LogP contribution in [0.1, 0.15) is 5.56 Å². The predicted molar refractivity (Wildman–Crippen MR) is 57.7 cm³/mol. The second kappa shape index (κ2) is 5.69. The third-order valence-electron chi connectivity index (χ3n) is 2.12. The molecule has 17 heavy (non-hydrogen) atoms. The molecule has 1 aromatic carbocycles. The molecule has 92 valence electrons. The molecule has 1 rings (SSSR count). The van der Waals surface area contributed by atoms with Crippen molar-refractivity contribution in [1.82, 2.24) is 5.43 Å². The average Bonchev–Trinajstić information content (AvgIpc) is 2.29. The number of nitrogens with one attached hydrogen (secondary N) is 1. The van der Waals surface area contributed by atoms with Crippen LogP contribution in [0.5, 0.6) is 5.75 Å². The van der Waals surface area contributed by atoms with Crippen LogP contribution in [0.3, 0.4) is 0 Å². The summed E-state index contributed by atoms with van der Waals surface area (Å²) in [7, 11) is 1.16. The van der Waals surface area contributed by atoms with Gasteiger partial charge in [-0.05, 0) is 17.7 Å². The van der Waals surface area contributed by atoms with Crippen LogP contribution in [-0.2, 0) is 16.0 Å². The fraction of sp³-hybridized carbons (Fsp3) is 0.300. The number of hydrogen-bond donors (Lipinski definition) is 2. The molecule has 1 atom stereocenters. The summed E-state index contributed by atoms with van der Waals surface area (Å²) in [5, 5.41) is 18.6. The minimum atomic E-state index is -1.06. The number of carbonyl (C=O) groups is 1. The Morgan fingerprint density at radius 2 is 2.12 bits per heavy atom. The maximum Gasteiger partial charge on any atom is 0.334 e. The van der Waals surface area contributed by atoms with E-state index in [4.69, 9.17) is 5.11 Å². The van der Waals surface area contributed by atoms with Crippen LogP contribution < -0.4 is 5.43 Å². The lowest BCUT2D eigenvalue weighted by Gasteiger charge is -2.11. The van der Waals surface area contributed by atoms with Crippen LogP contribution in [0, 0.1) is 10.1 Å². The highest BCUT2D eigenvalue weighted by Crippen LogP contribution is 2.11. The van der Waals surface area contributed by atoms with Crippen molar-refractivity contribution in [3.63, 3.8) is 0 Å². The molecule has 0 aliphatic carbocycles. The molecule has 0 fully saturated rings. The molecule has 0 unspecified atom stereocenters. The van der Waals surface area contributed by atoms with E-state index in [-0.39, 0.29) is 12.2 Å². The molecule has 2 N–H and O–H groups in total. The van der Waals surface area contributed by atoms with Gasteiger partial charge in [-0.1, -0.05) is 12.1 Å². The maximum absolute atomic E-state index is 11.3. The molecular formula is C10H12N2O5. The zero-order valence-corrected chi connectivity index (χ0v) is 9.12. The van der Waals surface area contributed by atoms with E-state index < -0.39 is 17.0 Å². The molecule has 7 heteroatoms. The number of phenols is 1. The SMILES string of the molecule is COC(=O)[C@H](Cc1ccc(O)cc1)N[N+](=O)[O-]. The highest BCUT2D eigenvalue weighted by molar-refractivity contribution is 5.75. The average molecular weight is 240 g/mol. The van der Waals surface area contributed by atoms with Crippen molar-refractivity contribution >= 4 is 5.97 Å². The minimum absolute atomic E-state index is 0.0885. The lowest BCUT2D eigenvalue weighted by Crippen LogP contribution is -2.42. The number of methoxy groups -OCH3 is 1. The monoisotopic (exact) mass is 240 g/mol. The van der Waals surface area contributed by atoms with Gasteiger partial charge in [0.1, 0.15) is 5.75 Å². The largest absolute Gasteiger partial charge is 0.508 e. The van der Waals surface area contributed by atoms with Gasteiger partial charge < -0.3 is 9.84 Å². The predicted octanol–water partition coefficient (Wildman–Crippen LogP) is 0.258. The van der Waals surface area contributed by atoms with Crippen LogP contribution in [-0.4, -0.2) is 29.3 Å². The van der Waals surface area contributed by atoms with Crippen molar-refractivity contribution < 1.29 is 19.7 Å². The summed E-state index contributed by atoms with van der Waals surface area (Å²) in [6.45, 7) is 0. The van der Waals surface area contributed by atoms with E-state index in [1.165, 1.54) is 12.1 Å². The molecule has 0 aromatic heterocycles. The van der Waals surface area contributed by atoms with Crippen molar-refractivity contribution in [1.29, 1.82) is 0 Å². The first-order chi connectivity index (χ1) is 8.02. The number of esters is 1. The summed E-state index contributed by atoms with van der Waals surface area (Å²) < 4.78 is 4.45. The van der Waals surface area contributed by atoms with Crippen LogP contribution in [0.2, 0.25) is 0 Å². The van der Waals surface area contributed by atoms with E-state index in [0.29, 0.717) is 5.56 Å². The summed E-state index contributed by atoms with van der Waals surface area (Å²) in [6, 6.07) is 4.98. The van der Waals surface area contributed by atoms with Gasteiger partial charge in [0.05, 0.1) is 7.11 Å². The molecule has 0 saturated heterocycles. The number of ether oxygens (including phenoxy) is 1. The van der Waals surface area contributed by atoms with Crippen LogP contribution in [0.4, 0.5) is 0 Å². The molecule has 0 aliphatic rings.